The Morgan fingerprint density at radius 1 is 0.226 bits per heavy atom. The highest BCUT2D eigenvalue weighted by atomic mass is 32.1. The molecule has 9 aromatic carbocycles. The zero-order valence-electron chi connectivity index (χ0n) is 33.5. The lowest BCUT2D eigenvalue weighted by molar-refractivity contribution is 1.18. The minimum Gasteiger partial charge on any atom is -0.228 e. The zero-order valence-corrected chi connectivity index (χ0v) is 35.1. The van der Waals surface area contributed by atoms with Crippen LogP contribution < -0.4 is 0 Å². The molecule has 62 heavy (non-hydrogen) atoms. The predicted molar refractivity (Wildman–Crippen MR) is 266 cm³/mol. The van der Waals surface area contributed by atoms with E-state index in [4.69, 9.17) is 9.97 Å². The minimum absolute atomic E-state index is 0.694. The number of hydrogen-bond donors (Lipinski definition) is 0. The summed E-state index contributed by atoms with van der Waals surface area (Å²) in [6.45, 7) is 0. The van der Waals surface area contributed by atoms with Gasteiger partial charge in [-0.05, 0) is 111 Å². The predicted octanol–water partition coefficient (Wildman–Crippen LogP) is 16.9. The van der Waals surface area contributed by atoms with Crippen LogP contribution in [0.25, 0.3) is 119 Å². The monoisotopic (exact) mass is 824 g/mol. The molecule has 0 bridgehead atoms. The molecule has 12 rings (SSSR count). The van der Waals surface area contributed by atoms with Crippen LogP contribution in [-0.2, 0) is 0 Å². The van der Waals surface area contributed by atoms with E-state index < -0.39 is 0 Å². The average molecular weight is 825 g/mol. The van der Waals surface area contributed by atoms with Crippen LogP contribution in [0.1, 0.15) is 0 Å². The van der Waals surface area contributed by atoms with Gasteiger partial charge in [-0.2, -0.15) is 0 Å². The van der Waals surface area contributed by atoms with E-state index in [1.807, 2.05) is 28.7 Å². The van der Waals surface area contributed by atoms with E-state index in [1.165, 1.54) is 62.6 Å². The van der Waals surface area contributed by atoms with Gasteiger partial charge in [0.1, 0.15) is 0 Å². The molecule has 0 aliphatic rings. The summed E-state index contributed by atoms with van der Waals surface area (Å²) in [5.41, 5.74) is 14.1. The van der Waals surface area contributed by atoms with Crippen LogP contribution in [0.4, 0.5) is 0 Å². The van der Waals surface area contributed by atoms with Crippen molar-refractivity contribution < 1.29 is 0 Å². The van der Waals surface area contributed by atoms with Gasteiger partial charge in [-0.25, -0.2) is 9.97 Å². The van der Waals surface area contributed by atoms with Crippen LogP contribution in [-0.4, -0.2) is 9.97 Å². The third-order valence-corrected chi connectivity index (χ3v) is 14.2. The molecule has 0 spiro atoms. The van der Waals surface area contributed by atoms with Crippen molar-refractivity contribution in [1.82, 2.24) is 9.97 Å². The van der Waals surface area contributed by atoms with Crippen molar-refractivity contribution in [3.63, 3.8) is 0 Å². The van der Waals surface area contributed by atoms with Gasteiger partial charge in [0.25, 0.3) is 0 Å². The lowest BCUT2D eigenvalue weighted by Crippen LogP contribution is -1.97. The normalized spacial score (nSPS) is 11.5. The molecule has 0 radical (unpaired) electrons. The molecule has 0 fully saturated rings. The van der Waals surface area contributed by atoms with Crippen molar-refractivity contribution in [2.75, 3.05) is 0 Å². The summed E-state index contributed by atoms with van der Waals surface area (Å²) in [4.78, 5) is 10.6. The molecule has 0 saturated heterocycles. The van der Waals surface area contributed by atoms with Crippen molar-refractivity contribution in [2.45, 2.75) is 0 Å². The third-order valence-electron chi connectivity index (χ3n) is 11.9. The Kier molecular flexibility index (Phi) is 8.91. The van der Waals surface area contributed by atoms with Crippen molar-refractivity contribution in [2.24, 2.45) is 0 Å². The van der Waals surface area contributed by atoms with Gasteiger partial charge in [0.15, 0.2) is 5.82 Å². The average Bonchev–Trinajstić information content (AvgIpc) is 3.92. The van der Waals surface area contributed by atoms with E-state index in [0.29, 0.717) is 5.82 Å². The summed E-state index contributed by atoms with van der Waals surface area (Å²) in [6.07, 6.45) is 0. The summed E-state index contributed by atoms with van der Waals surface area (Å²) in [7, 11) is 0. The van der Waals surface area contributed by atoms with E-state index in [2.05, 4.69) is 212 Å². The summed E-state index contributed by atoms with van der Waals surface area (Å²) >= 11 is 3.70. The second-order valence-electron chi connectivity index (χ2n) is 15.8. The van der Waals surface area contributed by atoms with Crippen LogP contribution in [0.3, 0.4) is 0 Å². The molecular weight excluding hydrogens is 789 g/mol. The topological polar surface area (TPSA) is 25.8 Å². The highest BCUT2D eigenvalue weighted by Crippen LogP contribution is 2.41. The Labute approximate surface area is 367 Å². The van der Waals surface area contributed by atoms with Crippen LogP contribution in [0, 0.1) is 0 Å². The number of benzene rings is 9. The van der Waals surface area contributed by atoms with Crippen LogP contribution in [0.5, 0.6) is 0 Å². The molecule has 0 atom stereocenters. The Bertz CT molecular complexity index is 3640. The van der Waals surface area contributed by atoms with Crippen LogP contribution in [0.15, 0.2) is 218 Å². The molecule has 2 nitrogen and oxygen atoms in total. The second-order valence-corrected chi connectivity index (χ2v) is 17.9. The quantitative estimate of drug-likeness (QED) is 0.160. The van der Waals surface area contributed by atoms with E-state index >= 15 is 0 Å². The molecule has 0 aliphatic heterocycles. The standard InChI is InChI=1S/C58H36N2S2/c1-3-13-37(14-4-1)39-17-11-19-41(29-39)45-31-46(42-26-28-56-51(34-42)49-22-8-10-24-55(49)61-56)33-47(32-45)53-36-52(59-58(60-53)38-15-5-2-6-16-38)44-20-12-18-40(30-44)43-25-27-50-48-21-7-9-23-54(48)62-57(50)35-43/h1-36H. The molecule has 12 aromatic rings. The summed E-state index contributed by atoms with van der Waals surface area (Å²) in [6, 6.07) is 78.8. The van der Waals surface area contributed by atoms with Crippen LogP contribution in [0.2, 0.25) is 0 Å². The lowest BCUT2D eigenvalue weighted by Gasteiger charge is -2.14. The third kappa shape index (κ3) is 6.67. The van der Waals surface area contributed by atoms with Crippen molar-refractivity contribution in [3.8, 4) is 78.4 Å². The van der Waals surface area contributed by atoms with E-state index in [9.17, 15) is 0 Å². The Morgan fingerprint density at radius 3 is 1.39 bits per heavy atom. The van der Waals surface area contributed by atoms with Gasteiger partial charge in [-0.1, -0.05) is 152 Å². The van der Waals surface area contributed by atoms with Gasteiger partial charge in [-0.3, -0.25) is 0 Å². The summed E-state index contributed by atoms with van der Waals surface area (Å²) in [5, 5.41) is 5.19. The molecule has 0 unspecified atom stereocenters. The number of rotatable bonds is 7. The Hall–Kier alpha value is -7.50. The largest absolute Gasteiger partial charge is 0.228 e. The number of aromatic nitrogens is 2. The van der Waals surface area contributed by atoms with Crippen LogP contribution >= 0.6 is 22.7 Å². The number of thiophene rings is 2. The Morgan fingerprint density at radius 2 is 0.661 bits per heavy atom. The van der Waals surface area contributed by atoms with E-state index in [-0.39, 0.29) is 0 Å². The molecule has 0 N–H and O–H groups in total. The minimum atomic E-state index is 0.694. The SMILES string of the molecule is c1ccc(-c2cccc(-c3cc(-c4ccc5sc6ccccc6c5c4)cc(-c4cc(-c5cccc(-c6ccc7c(c6)sc6ccccc67)c5)nc(-c5ccccc5)n4)c3)c2)cc1. The van der Waals surface area contributed by atoms with Gasteiger partial charge >= 0.3 is 0 Å². The first-order valence-electron chi connectivity index (χ1n) is 20.9. The fourth-order valence-electron chi connectivity index (χ4n) is 8.75. The van der Waals surface area contributed by atoms with E-state index in [0.717, 1.165) is 50.3 Å². The van der Waals surface area contributed by atoms with Gasteiger partial charge < -0.3 is 0 Å². The maximum absolute atomic E-state index is 5.34. The Balaban J connectivity index is 1.03. The zero-order chi connectivity index (χ0) is 41.0. The first-order chi connectivity index (χ1) is 30.7. The molecular formula is C58H36N2S2. The molecule has 0 saturated carbocycles. The molecule has 3 heterocycles. The van der Waals surface area contributed by atoms with Crippen molar-refractivity contribution in [1.29, 1.82) is 0 Å². The second kappa shape index (κ2) is 15.2. The smallest absolute Gasteiger partial charge is 0.160 e. The summed E-state index contributed by atoms with van der Waals surface area (Å²) in [5.74, 6) is 0.694. The highest BCUT2D eigenvalue weighted by Gasteiger charge is 2.16. The number of nitrogens with zero attached hydrogens (tertiary/aromatic N) is 2. The van der Waals surface area contributed by atoms with E-state index in [1.54, 1.807) is 0 Å². The fourth-order valence-corrected chi connectivity index (χ4v) is 11.0. The van der Waals surface area contributed by atoms with Crippen molar-refractivity contribution >= 4 is 63.0 Å². The lowest BCUT2D eigenvalue weighted by atomic mass is 9.92. The first-order valence-corrected chi connectivity index (χ1v) is 22.5. The number of fused-ring (bicyclic) bond motifs is 6. The molecule has 0 amide bonds. The molecule has 4 heteroatoms. The molecule has 0 aliphatic carbocycles. The van der Waals surface area contributed by atoms with Crippen molar-refractivity contribution in [3.05, 3.63) is 218 Å². The fraction of sp³-hybridized carbons (Fsp3) is 0. The van der Waals surface area contributed by atoms with Gasteiger partial charge in [0, 0.05) is 57.0 Å². The highest BCUT2D eigenvalue weighted by molar-refractivity contribution is 7.26. The van der Waals surface area contributed by atoms with Gasteiger partial charge in [0.05, 0.1) is 11.4 Å². The number of hydrogen-bond acceptors (Lipinski definition) is 4. The van der Waals surface area contributed by atoms with Gasteiger partial charge in [-0.15, -0.1) is 22.7 Å². The maximum atomic E-state index is 5.34. The first kappa shape index (κ1) is 36.4. The molecule has 3 aromatic heterocycles. The maximum Gasteiger partial charge on any atom is 0.160 e. The molecule has 290 valence electrons. The summed E-state index contributed by atoms with van der Waals surface area (Å²) < 4.78 is 5.20. The van der Waals surface area contributed by atoms with Gasteiger partial charge in [0.2, 0.25) is 0 Å².